The highest BCUT2D eigenvalue weighted by atomic mass is 35.5. The van der Waals surface area contributed by atoms with Crippen LogP contribution in [0, 0.1) is 16.7 Å². The highest BCUT2D eigenvalue weighted by Crippen LogP contribution is 2.46. The molecule has 1 heterocycles. The first-order valence-corrected chi connectivity index (χ1v) is 11.2. The number of likely N-dealkylation sites (tertiary alicyclic amines) is 1. The number of halogens is 1. The zero-order valence-corrected chi connectivity index (χ0v) is 20.5. The molecule has 1 aromatic rings. The molecular weight excluding hydrogens is 416 g/mol. The van der Waals surface area contributed by atoms with Gasteiger partial charge in [-0.15, -0.1) is 0 Å². The summed E-state index contributed by atoms with van der Waals surface area (Å²) >= 11 is 6.01. The van der Waals surface area contributed by atoms with Crippen molar-refractivity contribution < 1.29 is 19.8 Å². The average molecular weight is 453 g/mol. The maximum atomic E-state index is 13.6. The minimum Gasteiger partial charge on any atom is -0.465 e. The zero-order chi connectivity index (χ0) is 23.8. The number of hydrogen-bond acceptors (Lipinski definition) is 3. The van der Waals surface area contributed by atoms with E-state index in [0.717, 1.165) is 10.5 Å². The second-order valence-electron chi connectivity index (χ2n) is 10.8. The van der Waals surface area contributed by atoms with Gasteiger partial charge >= 0.3 is 6.09 Å². The van der Waals surface area contributed by atoms with E-state index < -0.39 is 23.2 Å². The molecule has 1 aliphatic heterocycles. The van der Waals surface area contributed by atoms with Gasteiger partial charge in [-0.3, -0.25) is 9.69 Å². The fourth-order valence-electron chi connectivity index (χ4n) is 4.95. The zero-order valence-electron chi connectivity index (χ0n) is 19.8. The van der Waals surface area contributed by atoms with Gasteiger partial charge in [-0.2, -0.15) is 0 Å². The molecule has 1 unspecified atom stereocenters. The fraction of sp³-hybridized carbons (Fsp3) is 0.667. The van der Waals surface area contributed by atoms with E-state index in [4.69, 9.17) is 11.6 Å². The predicted molar refractivity (Wildman–Crippen MR) is 123 cm³/mol. The topological polar surface area (TPSA) is 81.1 Å². The van der Waals surface area contributed by atoms with Crippen molar-refractivity contribution in [1.29, 1.82) is 0 Å². The number of carbonyl (C=O) groups is 2. The van der Waals surface area contributed by atoms with Crippen molar-refractivity contribution in [2.45, 2.75) is 66.0 Å². The summed E-state index contributed by atoms with van der Waals surface area (Å²) < 4.78 is 0. The SMILES string of the molecule is CC(CC(C)(C)C)[C@H](C(=O)N1CC[C@](O)(c2ccc(Cl)cc2)C(C)(C)C1)N(C)C(=O)O. The molecule has 6 nitrogen and oxygen atoms in total. The van der Waals surface area contributed by atoms with E-state index in [-0.39, 0.29) is 17.2 Å². The lowest BCUT2D eigenvalue weighted by molar-refractivity contribution is -0.158. The van der Waals surface area contributed by atoms with Crippen molar-refractivity contribution in [3.63, 3.8) is 0 Å². The van der Waals surface area contributed by atoms with Crippen molar-refractivity contribution in [3.05, 3.63) is 34.9 Å². The van der Waals surface area contributed by atoms with Gasteiger partial charge in [0.25, 0.3) is 0 Å². The Hall–Kier alpha value is -1.79. The number of nitrogens with zero attached hydrogens (tertiary/aromatic N) is 2. The molecule has 2 N–H and O–H groups in total. The molecule has 1 aliphatic rings. The molecule has 7 heteroatoms. The van der Waals surface area contributed by atoms with Gasteiger partial charge in [0.2, 0.25) is 5.91 Å². The molecule has 1 fully saturated rings. The van der Waals surface area contributed by atoms with Crippen LogP contribution in [0.25, 0.3) is 0 Å². The van der Waals surface area contributed by atoms with E-state index in [9.17, 15) is 19.8 Å². The Bertz CT molecular complexity index is 803. The first kappa shape index (κ1) is 25.5. The van der Waals surface area contributed by atoms with E-state index in [0.29, 0.717) is 31.0 Å². The molecule has 0 aromatic heterocycles. The van der Waals surface area contributed by atoms with Gasteiger partial charge in [-0.25, -0.2) is 4.79 Å². The third kappa shape index (κ3) is 5.53. The van der Waals surface area contributed by atoms with Crippen molar-refractivity contribution in [2.75, 3.05) is 20.1 Å². The molecule has 0 radical (unpaired) electrons. The first-order chi connectivity index (χ1) is 14.1. The molecule has 1 aromatic carbocycles. The molecular formula is C24H37ClN2O4. The highest BCUT2D eigenvalue weighted by molar-refractivity contribution is 6.30. The number of benzene rings is 1. The lowest BCUT2D eigenvalue weighted by atomic mass is 9.66. The van der Waals surface area contributed by atoms with Gasteiger partial charge < -0.3 is 15.1 Å². The smallest absolute Gasteiger partial charge is 0.407 e. The van der Waals surface area contributed by atoms with Crippen molar-refractivity contribution in [2.24, 2.45) is 16.7 Å². The quantitative estimate of drug-likeness (QED) is 0.669. The molecule has 2 rings (SSSR count). The summed E-state index contributed by atoms with van der Waals surface area (Å²) in [5.74, 6) is -0.346. The lowest BCUT2D eigenvalue weighted by Gasteiger charge is -2.51. The summed E-state index contributed by atoms with van der Waals surface area (Å²) in [4.78, 5) is 28.2. The molecule has 174 valence electrons. The Morgan fingerprint density at radius 1 is 1.23 bits per heavy atom. The second kappa shape index (κ2) is 8.99. The van der Waals surface area contributed by atoms with Crippen LogP contribution in [0.15, 0.2) is 24.3 Å². The molecule has 0 saturated carbocycles. The Kier molecular flexibility index (Phi) is 7.38. The molecule has 2 amide bonds. The maximum absolute atomic E-state index is 13.6. The largest absolute Gasteiger partial charge is 0.465 e. The summed E-state index contributed by atoms with van der Waals surface area (Å²) in [5.41, 5.74) is -1.00. The number of hydrogen-bond donors (Lipinski definition) is 2. The van der Waals surface area contributed by atoms with Crippen LogP contribution in [0.4, 0.5) is 4.79 Å². The first-order valence-electron chi connectivity index (χ1n) is 10.8. The van der Waals surface area contributed by atoms with E-state index in [2.05, 4.69) is 20.8 Å². The van der Waals surface area contributed by atoms with Gasteiger partial charge in [-0.1, -0.05) is 65.3 Å². The number of piperidine rings is 1. The fourth-order valence-corrected chi connectivity index (χ4v) is 5.07. The molecule has 3 atom stereocenters. The highest BCUT2D eigenvalue weighted by Gasteiger charge is 2.51. The van der Waals surface area contributed by atoms with Crippen LogP contribution >= 0.6 is 11.6 Å². The third-order valence-electron chi connectivity index (χ3n) is 6.53. The average Bonchev–Trinajstić information content (AvgIpc) is 2.62. The normalized spacial score (nSPS) is 23.2. The van der Waals surface area contributed by atoms with E-state index in [1.54, 1.807) is 17.0 Å². The monoisotopic (exact) mass is 452 g/mol. The third-order valence-corrected chi connectivity index (χ3v) is 6.78. The van der Waals surface area contributed by atoms with Gasteiger partial charge in [-0.05, 0) is 41.9 Å². The second-order valence-corrected chi connectivity index (χ2v) is 11.3. The minimum absolute atomic E-state index is 0.0344. The van der Waals surface area contributed by atoms with Crippen LogP contribution in [0.2, 0.25) is 5.02 Å². The van der Waals surface area contributed by atoms with Gasteiger partial charge in [0, 0.05) is 30.6 Å². The lowest BCUT2D eigenvalue weighted by Crippen LogP contribution is -2.60. The summed E-state index contributed by atoms with van der Waals surface area (Å²) in [5, 5.41) is 21.8. The maximum Gasteiger partial charge on any atom is 0.407 e. The number of rotatable bonds is 5. The Balaban J connectivity index is 2.30. The number of amides is 2. The van der Waals surface area contributed by atoms with Crippen LogP contribution in [-0.4, -0.2) is 58.2 Å². The number of carbonyl (C=O) groups excluding carboxylic acids is 1. The Morgan fingerprint density at radius 2 is 1.77 bits per heavy atom. The molecule has 1 saturated heterocycles. The number of likely N-dealkylation sites (N-methyl/N-ethyl adjacent to an activating group) is 1. The minimum atomic E-state index is -1.12. The Morgan fingerprint density at radius 3 is 2.23 bits per heavy atom. The summed E-state index contributed by atoms with van der Waals surface area (Å²) in [6.45, 7) is 12.8. The summed E-state index contributed by atoms with van der Waals surface area (Å²) in [7, 11) is 1.46. The number of carboxylic acid groups (broad SMARTS) is 1. The van der Waals surface area contributed by atoms with Crippen molar-refractivity contribution >= 4 is 23.6 Å². The number of aliphatic hydroxyl groups is 1. The van der Waals surface area contributed by atoms with Crippen molar-refractivity contribution in [1.82, 2.24) is 9.80 Å². The molecule has 0 aliphatic carbocycles. The van der Waals surface area contributed by atoms with Gasteiger partial charge in [0.15, 0.2) is 0 Å². The van der Waals surface area contributed by atoms with Gasteiger partial charge in [0.05, 0.1) is 5.60 Å². The summed E-state index contributed by atoms with van der Waals surface area (Å²) in [6, 6.07) is 6.40. The van der Waals surface area contributed by atoms with Crippen LogP contribution < -0.4 is 0 Å². The predicted octanol–water partition coefficient (Wildman–Crippen LogP) is 4.84. The molecule has 0 bridgehead atoms. The van der Waals surface area contributed by atoms with Crippen LogP contribution in [0.1, 0.15) is 59.9 Å². The molecule has 0 spiro atoms. The van der Waals surface area contributed by atoms with Crippen molar-refractivity contribution in [3.8, 4) is 0 Å². The van der Waals surface area contributed by atoms with E-state index >= 15 is 0 Å². The van der Waals surface area contributed by atoms with Crippen LogP contribution in [0.5, 0.6) is 0 Å². The van der Waals surface area contributed by atoms with E-state index in [1.807, 2.05) is 32.9 Å². The van der Waals surface area contributed by atoms with Crippen LogP contribution in [0.3, 0.4) is 0 Å². The molecule has 31 heavy (non-hydrogen) atoms. The standard InChI is InChI=1S/C24H37ClN2O4/c1-16(14-22(2,3)4)19(26(7)21(29)30)20(28)27-13-12-24(31,23(5,6)15-27)17-8-10-18(25)11-9-17/h8-11,16,19,31H,12-15H2,1-7H3,(H,29,30)/t16?,19-,24+/m1/s1. The van der Waals surface area contributed by atoms with E-state index in [1.165, 1.54) is 7.05 Å². The Labute approximate surface area is 191 Å². The van der Waals surface area contributed by atoms with Crippen LogP contribution in [-0.2, 0) is 10.4 Å². The summed E-state index contributed by atoms with van der Waals surface area (Å²) in [6.07, 6.45) is -0.0367. The van der Waals surface area contributed by atoms with Gasteiger partial charge in [0.1, 0.15) is 6.04 Å².